The van der Waals surface area contributed by atoms with Crippen LogP contribution in [0.5, 0.6) is 0 Å². The number of anilines is 1. The first-order chi connectivity index (χ1) is 12.4. The van der Waals surface area contributed by atoms with Crippen LogP contribution in [0.25, 0.3) is 16.9 Å². The highest BCUT2D eigenvalue weighted by Crippen LogP contribution is 2.26. The van der Waals surface area contributed by atoms with Crippen molar-refractivity contribution < 1.29 is 12.8 Å². The fourth-order valence-corrected chi connectivity index (χ4v) is 4.56. The summed E-state index contributed by atoms with van der Waals surface area (Å²) in [5.74, 6) is 0.385. The number of nitrogen functional groups attached to an aromatic ring is 1. The maximum absolute atomic E-state index is 14.8. The molecule has 0 bridgehead atoms. The number of rotatable bonds is 3. The van der Waals surface area contributed by atoms with Crippen LogP contribution in [0, 0.1) is 5.82 Å². The molecule has 1 aliphatic rings. The van der Waals surface area contributed by atoms with Crippen LogP contribution in [0.4, 0.5) is 10.2 Å². The summed E-state index contributed by atoms with van der Waals surface area (Å²) in [6.45, 7) is 1.51. The van der Waals surface area contributed by atoms with Crippen molar-refractivity contribution in [1.29, 1.82) is 0 Å². The van der Waals surface area contributed by atoms with Crippen LogP contribution >= 0.6 is 0 Å². The molecule has 2 aromatic heterocycles. The van der Waals surface area contributed by atoms with E-state index in [1.807, 2.05) is 29.2 Å². The van der Waals surface area contributed by atoms with E-state index >= 15 is 0 Å². The molecule has 0 atom stereocenters. The molecular weight excluding hydrogens is 355 g/mol. The van der Waals surface area contributed by atoms with Crippen molar-refractivity contribution in [2.24, 2.45) is 0 Å². The third kappa shape index (κ3) is 3.30. The number of hydrogen-bond donors (Lipinski definition) is 1. The first kappa shape index (κ1) is 17.0. The quantitative estimate of drug-likeness (QED) is 0.758. The van der Waals surface area contributed by atoms with Crippen molar-refractivity contribution in [3.63, 3.8) is 0 Å². The zero-order chi connectivity index (χ0) is 18.3. The number of nitrogens with zero attached hydrogens (tertiary/aromatic N) is 3. The Morgan fingerprint density at radius 3 is 2.65 bits per heavy atom. The lowest BCUT2D eigenvalue weighted by Crippen LogP contribution is -2.39. The second-order valence-electron chi connectivity index (χ2n) is 6.55. The zero-order valence-corrected chi connectivity index (χ0v) is 14.9. The average molecular weight is 374 g/mol. The predicted octanol–water partition coefficient (Wildman–Crippen LogP) is 1.95. The standard InChI is InChI=1S/C18H19FN4O2S/c19-15-10-13(11-22-6-8-26(24,25)9-7-22)4-5-14(15)16-2-1-3-18-21-17(20)12-23(16)18/h1-5,10,12H,6-9,11,20H2. The van der Waals surface area contributed by atoms with Gasteiger partial charge in [0.25, 0.3) is 0 Å². The number of sulfone groups is 1. The summed E-state index contributed by atoms with van der Waals surface area (Å²) in [5.41, 5.74) is 8.39. The first-order valence-electron chi connectivity index (χ1n) is 8.36. The minimum atomic E-state index is -2.91. The summed E-state index contributed by atoms with van der Waals surface area (Å²) < 4.78 is 39.6. The number of halogens is 1. The first-order valence-corrected chi connectivity index (χ1v) is 10.2. The summed E-state index contributed by atoms with van der Waals surface area (Å²) in [6.07, 6.45) is 1.67. The SMILES string of the molecule is Nc1cn2c(-c3ccc(CN4CCS(=O)(=O)CC4)cc3F)cccc2n1. The number of benzene rings is 1. The van der Waals surface area contributed by atoms with Gasteiger partial charge in [0.1, 0.15) is 17.3 Å². The fourth-order valence-electron chi connectivity index (χ4n) is 3.28. The monoisotopic (exact) mass is 374 g/mol. The van der Waals surface area contributed by atoms with Crippen molar-refractivity contribution in [3.05, 3.63) is 54.0 Å². The molecule has 26 heavy (non-hydrogen) atoms. The van der Waals surface area contributed by atoms with Gasteiger partial charge in [-0.15, -0.1) is 0 Å². The van der Waals surface area contributed by atoms with Gasteiger partial charge in [0, 0.05) is 25.2 Å². The van der Waals surface area contributed by atoms with Crippen LogP contribution in [0.1, 0.15) is 5.56 Å². The Morgan fingerprint density at radius 1 is 1.15 bits per heavy atom. The van der Waals surface area contributed by atoms with E-state index in [0.29, 0.717) is 42.4 Å². The van der Waals surface area contributed by atoms with Crippen molar-refractivity contribution >= 4 is 21.3 Å². The van der Waals surface area contributed by atoms with Crippen LogP contribution in [0.3, 0.4) is 0 Å². The normalized spacial score (nSPS) is 17.6. The van der Waals surface area contributed by atoms with Crippen molar-refractivity contribution in [1.82, 2.24) is 14.3 Å². The Kier molecular flexibility index (Phi) is 4.16. The molecule has 136 valence electrons. The lowest BCUT2D eigenvalue weighted by Gasteiger charge is -2.26. The van der Waals surface area contributed by atoms with E-state index in [9.17, 15) is 12.8 Å². The molecule has 0 spiro atoms. The van der Waals surface area contributed by atoms with Crippen LogP contribution in [-0.4, -0.2) is 47.3 Å². The number of fused-ring (bicyclic) bond motifs is 1. The van der Waals surface area contributed by atoms with E-state index in [4.69, 9.17) is 5.73 Å². The van der Waals surface area contributed by atoms with E-state index in [1.54, 1.807) is 16.7 Å². The average Bonchev–Trinajstić information content (AvgIpc) is 2.97. The molecule has 1 fully saturated rings. The number of nitrogens with two attached hydrogens (primary N) is 1. The maximum Gasteiger partial charge on any atom is 0.152 e. The Balaban J connectivity index is 1.60. The molecule has 6 nitrogen and oxygen atoms in total. The smallest absolute Gasteiger partial charge is 0.152 e. The Bertz CT molecular complexity index is 1060. The van der Waals surface area contributed by atoms with Gasteiger partial charge in [0.15, 0.2) is 9.84 Å². The zero-order valence-electron chi connectivity index (χ0n) is 14.1. The predicted molar refractivity (Wildman–Crippen MR) is 98.9 cm³/mol. The minimum Gasteiger partial charge on any atom is -0.382 e. The lowest BCUT2D eigenvalue weighted by atomic mass is 10.1. The molecule has 0 amide bonds. The van der Waals surface area contributed by atoms with Gasteiger partial charge in [-0.1, -0.05) is 12.1 Å². The third-order valence-electron chi connectivity index (χ3n) is 4.66. The Hall–Kier alpha value is -2.45. The van der Waals surface area contributed by atoms with Crippen molar-refractivity contribution in [3.8, 4) is 11.3 Å². The molecule has 0 saturated carbocycles. The molecule has 2 N–H and O–H groups in total. The molecular formula is C18H19FN4O2S. The lowest BCUT2D eigenvalue weighted by molar-refractivity contribution is 0.287. The fraction of sp³-hybridized carbons (Fsp3) is 0.278. The van der Waals surface area contributed by atoms with Crippen LogP contribution < -0.4 is 5.73 Å². The van der Waals surface area contributed by atoms with Gasteiger partial charge in [-0.25, -0.2) is 17.8 Å². The van der Waals surface area contributed by atoms with Gasteiger partial charge in [-0.3, -0.25) is 9.30 Å². The number of imidazole rings is 1. The molecule has 1 saturated heterocycles. The number of hydrogen-bond acceptors (Lipinski definition) is 5. The summed E-state index contributed by atoms with van der Waals surface area (Å²) in [5, 5.41) is 0. The second kappa shape index (κ2) is 6.37. The molecule has 1 aliphatic heterocycles. The van der Waals surface area contributed by atoms with E-state index < -0.39 is 9.84 Å². The molecule has 3 aromatic rings. The Morgan fingerprint density at radius 2 is 1.92 bits per heavy atom. The molecule has 4 rings (SSSR count). The van der Waals surface area contributed by atoms with Gasteiger partial charge in [0.2, 0.25) is 0 Å². The minimum absolute atomic E-state index is 0.164. The highest BCUT2D eigenvalue weighted by Gasteiger charge is 2.21. The summed E-state index contributed by atoms with van der Waals surface area (Å²) in [7, 11) is -2.91. The Labute approximate surface area is 151 Å². The largest absolute Gasteiger partial charge is 0.382 e. The van der Waals surface area contributed by atoms with Crippen LogP contribution in [0.15, 0.2) is 42.6 Å². The van der Waals surface area contributed by atoms with Gasteiger partial charge in [-0.2, -0.15) is 0 Å². The third-order valence-corrected chi connectivity index (χ3v) is 6.27. The van der Waals surface area contributed by atoms with Crippen LogP contribution in [0.2, 0.25) is 0 Å². The molecule has 1 aromatic carbocycles. The topological polar surface area (TPSA) is 80.7 Å². The summed E-state index contributed by atoms with van der Waals surface area (Å²) in [4.78, 5) is 6.23. The van der Waals surface area contributed by atoms with Gasteiger partial charge in [-0.05, 0) is 29.8 Å². The van der Waals surface area contributed by atoms with E-state index in [0.717, 1.165) is 5.56 Å². The van der Waals surface area contributed by atoms with E-state index in [1.165, 1.54) is 6.07 Å². The summed E-state index contributed by atoms with van der Waals surface area (Å²) in [6, 6.07) is 10.6. The van der Waals surface area contributed by atoms with Gasteiger partial charge >= 0.3 is 0 Å². The van der Waals surface area contributed by atoms with Crippen LogP contribution in [-0.2, 0) is 16.4 Å². The second-order valence-corrected chi connectivity index (χ2v) is 8.85. The van der Waals surface area contributed by atoms with Gasteiger partial charge < -0.3 is 5.73 Å². The van der Waals surface area contributed by atoms with E-state index in [-0.39, 0.29) is 17.3 Å². The van der Waals surface area contributed by atoms with Gasteiger partial charge in [0.05, 0.1) is 23.4 Å². The molecule has 3 heterocycles. The number of aromatic nitrogens is 2. The molecule has 0 aliphatic carbocycles. The number of pyridine rings is 1. The maximum atomic E-state index is 14.8. The summed E-state index contributed by atoms with van der Waals surface area (Å²) >= 11 is 0. The highest BCUT2D eigenvalue weighted by molar-refractivity contribution is 7.91. The van der Waals surface area contributed by atoms with Crippen molar-refractivity contribution in [2.45, 2.75) is 6.54 Å². The van der Waals surface area contributed by atoms with E-state index in [2.05, 4.69) is 4.98 Å². The molecule has 8 heteroatoms. The highest BCUT2D eigenvalue weighted by atomic mass is 32.2. The molecule has 0 unspecified atom stereocenters. The molecule has 0 radical (unpaired) electrons. The van der Waals surface area contributed by atoms with Crippen molar-refractivity contribution in [2.75, 3.05) is 30.3 Å².